The lowest BCUT2D eigenvalue weighted by molar-refractivity contribution is -0.140. The highest BCUT2D eigenvalue weighted by Crippen LogP contribution is 2.19. The van der Waals surface area contributed by atoms with Gasteiger partial charge in [0.2, 0.25) is 0 Å². The van der Waals surface area contributed by atoms with Crippen LogP contribution in [0.3, 0.4) is 0 Å². The highest BCUT2D eigenvalue weighted by Gasteiger charge is 2.25. The second-order valence-corrected chi connectivity index (χ2v) is 4.85. The van der Waals surface area contributed by atoms with Gasteiger partial charge in [-0.15, -0.1) is 0 Å². The van der Waals surface area contributed by atoms with Crippen molar-refractivity contribution in [2.45, 2.75) is 19.9 Å². The molecule has 0 saturated carbocycles. The number of carbonyl (C=O) groups excluding carboxylic acids is 1. The number of rotatable bonds is 5. The third kappa shape index (κ3) is 3.44. The monoisotopic (exact) mass is 289 g/mol. The van der Waals surface area contributed by atoms with Crippen molar-refractivity contribution in [2.75, 3.05) is 0 Å². The summed E-state index contributed by atoms with van der Waals surface area (Å²) in [5.74, 6) is -1.52. The second kappa shape index (κ2) is 6.17. The van der Waals surface area contributed by atoms with Crippen molar-refractivity contribution < 1.29 is 19.2 Å². The van der Waals surface area contributed by atoms with E-state index < -0.39 is 17.9 Å². The minimum absolute atomic E-state index is 0.0285. The summed E-state index contributed by atoms with van der Waals surface area (Å²) in [4.78, 5) is 27.0. The number of hydrogen-bond donors (Lipinski definition) is 2. The maximum atomic E-state index is 12.0. The summed E-state index contributed by atoms with van der Waals surface area (Å²) >= 11 is 0. The van der Waals surface area contributed by atoms with E-state index in [0.29, 0.717) is 11.3 Å². The van der Waals surface area contributed by atoms with Crippen molar-refractivity contribution >= 4 is 11.9 Å². The van der Waals surface area contributed by atoms with Gasteiger partial charge in [0.15, 0.2) is 11.5 Å². The molecule has 0 aliphatic rings. The number of amides is 1. The van der Waals surface area contributed by atoms with Crippen LogP contribution in [0.25, 0.3) is 11.3 Å². The lowest BCUT2D eigenvalue weighted by Crippen LogP contribution is -2.44. The zero-order valence-electron chi connectivity index (χ0n) is 11.6. The number of carboxylic acids is 1. The van der Waals surface area contributed by atoms with Gasteiger partial charge in [-0.2, -0.15) is 0 Å². The van der Waals surface area contributed by atoms with Crippen LogP contribution in [0.1, 0.15) is 24.3 Å². The van der Waals surface area contributed by atoms with Crippen LogP contribution in [0.2, 0.25) is 0 Å². The molecule has 0 aromatic carbocycles. The van der Waals surface area contributed by atoms with E-state index in [1.165, 1.54) is 6.07 Å². The lowest BCUT2D eigenvalue weighted by Gasteiger charge is -2.16. The molecule has 2 aromatic rings. The fourth-order valence-corrected chi connectivity index (χ4v) is 1.76. The Morgan fingerprint density at radius 3 is 2.71 bits per heavy atom. The molecule has 21 heavy (non-hydrogen) atoms. The van der Waals surface area contributed by atoms with E-state index in [1.54, 1.807) is 38.4 Å². The third-order valence-electron chi connectivity index (χ3n) is 2.91. The number of pyridine rings is 1. The standard InChI is InChI=1S/C14H15N3O4/c1-8(2)12(14(19)20)16-13(18)10-6-11(21-17-10)9-4-3-5-15-7-9/h3-8,12H,1-2H3,(H,16,18)(H,19,20)/t12-/m0/s1. The molecule has 2 N–H and O–H groups in total. The molecule has 2 heterocycles. The third-order valence-corrected chi connectivity index (χ3v) is 2.91. The molecule has 7 heteroatoms. The quantitative estimate of drug-likeness (QED) is 0.865. The Bertz CT molecular complexity index is 637. The van der Waals surface area contributed by atoms with Crippen molar-refractivity contribution in [3.8, 4) is 11.3 Å². The maximum Gasteiger partial charge on any atom is 0.326 e. The van der Waals surface area contributed by atoms with Crippen molar-refractivity contribution in [1.29, 1.82) is 0 Å². The molecule has 110 valence electrons. The Morgan fingerprint density at radius 1 is 1.38 bits per heavy atom. The molecule has 0 saturated heterocycles. The van der Waals surface area contributed by atoms with E-state index in [9.17, 15) is 9.59 Å². The molecule has 2 aromatic heterocycles. The highest BCUT2D eigenvalue weighted by molar-refractivity contribution is 5.95. The van der Waals surface area contributed by atoms with Gasteiger partial charge in [0, 0.05) is 24.0 Å². The summed E-state index contributed by atoms with van der Waals surface area (Å²) < 4.78 is 5.08. The van der Waals surface area contributed by atoms with Gasteiger partial charge in [-0.05, 0) is 18.1 Å². The molecule has 2 rings (SSSR count). The van der Waals surface area contributed by atoms with E-state index in [-0.39, 0.29) is 11.6 Å². The van der Waals surface area contributed by atoms with Gasteiger partial charge in [-0.1, -0.05) is 19.0 Å². The topological polar surface area (TPSA) is 105 Å². The first-order chi connectivity index (χ1) is 9.99. The maximum absolute atomic E-state index is 12.0. The molecule has 1 atom stereocenters. The van der Waals surface area contributed by atoms with Crippen LogP contribution in [0, 0.1) is 5.92 Å². The average molecular weight is 289 g/mol. The van der Waals surface area contributed by atoms with Crippen molar-refractivity contribution in [3.05, 3.63) is 36.3 Å². The van der Waals surface area contributed by atoms with Crippen LogP contribution < -0.4 is 5.32 Å². The number of nitrogens with zero attached hydrogens (tertiary/aromatic N) is 2. The van der Waals surface area contributed by atoms with Crippen molar-refractivity contribution in [2.24, 2.45) is 5.92 Å². The minimum Gasteiger partial charge on any atom is -0.480 e. The molecular weight excluding hydrogens is 274 g/mol. The van der Waals surface area contributed by atoms with E-state index >= 15 is 0 Å². The first-order valence-electron chi connectivity index (χ1n) is 6.40. The van der Waals surface area contributed by atoms with Gasteiger partial charge in [0.05, 0.1) is 0 Å². The van der Waals surface area contributed by atoms with E-state index in [1.807, 2.05) is 0 Å². The molecule has 0 radical (unpaired) electrons. The summed E-state index contributed by atoms with van der Waals surface area (Å²) in [5, 5.41) is 15.1. The molecule has 7 nitrogen and oxygen atoms in total. The minimum atomic E-state index is -1.09. The lowest BCUT2D eigenvalue weighted by atomic mass is 10.0. The molecule has 0 bridgehead atoms. The number of aromatic nitrogens is 2. The smallest absolute Gasteiger partial charge is 0.326 e. The predicted octanol–water partition coefficient (Wildman–Crippen LogP) is 1.58. The summed E-state index contributed by atoms with van der Waals surface area (Å²) in [6.45, 7) is 3.42. The zero-order valence-corrected chi connectivity index (χ0v) is 11.6. The first-order valence-corrected chi connectivity index (χ1v) is 6.40. The predicted molar refractivity (Wildman–Crippen MR) is 73.5 cm³/mol. The Kier molecular flexibility index (Phi) is 4.32. The number of hydrogen-bond acceptors (Lipinski definition) is 5. The Hall–Kier alpha value is -2.70. The molecule has 0 spiro atoms. The highest BCUT2D eigenvalue weighted by atomic mass is 16.5. The van der Waals surface area contributed by atoms with Crippen LogP contribution in [-0.2, 0) is 4.79 Å². The SMILES string of the molecule is CC(C)[C@H](NC(=O)c1cc(-c2cccnc2)on1)C(=O)O. The molecule has 0 unspecified atom stereocenters. The number of nitrogens with one attached hydrogen (secondary N) is 1. The average Bonchev–Trinajstić information content (AvgIpc) is 2.94. The van der Waals surface area contributed by atoms with Crippen LogP contribution in [0.15, 0.2) is 35.1 Å². The second-order valence-electron chi connectivity index (χ2n) is 4.85. The largest absolute Gasteiger partial charge is 0.480 e. The molecule has 0 aliphatic carbocycles. The van der Waals surface area contributed by atoms with Crippen LogP contribution in [0.5, 0.6) is 0 Å². The Balaban J connectivity index is 2.14. The number of carbonyl (C=O) groups is 2. The number of carboxylic acid groups (broad SMARTS) is 1. The summed E-state index contributed by atoms with van der Waals surface area (Å²) in [5.41, 5.74) is 0.712. The van der Waals surface area contributed by atoms with Crippen LogP contribution in [-0.4, -0.2) is 33.2 Å². The van der Waals surface area contributed by atoms with Crippen LogP contribution >= 0.6 is 0 Å². The van der Waals surface area contributed by atoms with Crippen LogP contribution in [0.4, 0.5) is 0 Å². The zero-order chi connectivity index (χ0) is 15.4. The van der Waals surface area contributed by atoms with Gasteiger partial charge in [-0.25, -0.2) is 4.79 Å². The van der Waals surface area contributed by atoms with Gasteiger partial charge >= 0.3 is 5.97 Å². The normalized spacial score (nSPS) is 12.1. The number of aliphatic carboxylic acids is 1. The van der Waals surface area contributed by atoms with E-state index in [2.05, 4.69) is 15.5 Å². The first kappa shape index (κ1) is 14.7. The van der Waals surface area contributed by atoms with E-state index in [0.717, 1.165) is 0 Å². The van der Waals surface area contributed by atoms with Crippen molar-refractivity contribution in [3.63, 3.8) is 0 Å². The molecule has 0 fully saturated rings. The van der Waals surface area contributed by atoms with Crippen molar-refractivity contribution in [1.82, 2.24) is 15.5 Å². The van der Waals surface area contributed by atoms with Gasteiger partial charge < -0.3 is 14.9 Å². The Morgan fingerprint density at radius 2 is 2.14 bits per heavy atom. The van der Waals surface area contributed by atoms with Gasteiger partial charge in [0.1, 0.15) is 6.04 Å². The van der Waals surface area contributed by atoms with Gasteiger partial charge in [-0.3, -0.25) is 9.78 Å². The van der Waals surface area contributed by atoms with E-state index in [4.69, 9.17) is 9.63 Å². The fourth-order valence-electron chi connectivity index (χ4n) is 1.76. The Labute approximate surface area is 121 Å². The molecular formula is C14H15N3O4. The van der Waals surface area contributed by atoms with Gasteiger partial charge in [0.25, 0.3) is 5.91 Å². The molecule has 0 aliphatic heterocycles. The molecule has 1 amide bonds. The summed E-state index contributed by atoms with van der Waals surface area (Å²) in [6.07, 6.45) is 3.20. The summed E-state index contributed by atoms with van der Waals surface area (Å²) in [6, 6.07) is 3.97. The summed E-state index contributed by atoms with van der Waals surface area (Å²) in [7, 11) is 0. The fraction of sp³-hybridized carbons (Fsp3) is 0.286.